The van der Waals surface area contributed by atoms with Gasteiger partial charge in [-0.1, -0.05) is 22.0 Å². The molecule has 1 rings (SSSR count). The van der Waals surface area contributed by atoms with Crippen LogP contribution in [-0.2, 0) is 0 Å². The average Bonchev–Trinajstić information content (AvgIpc) is 2.17. The van der Waals surface area contributed by atoms with Crippen LogP contribution >= 0.6 is 15.9 Å². The number of aryl methyl sites for hydroxylation is 1. The molecule has 0 heterocycles. The highest BCUT2D eigenvalue weighted by Gasteiger charge is 2.15. The lowest BCUT2D eigenvalue weighted by Crippen LogP contribution is -2.32. The maximum Gasteiger partial charge on any atom is 0.0298 e. The number of benzene rings is 1. The summed E-state index contributed by atoms with van der Waals surface area (Å²) in [6.07, 6.45) is 1.85. The average molecular weight is 285 g/mol. The molecule has 0 fully saturated rings. The van der Waals surface area contributed by atoms with Crippen molar-refractivity contribution in [3.8, 4) is 0 Å². The largest absolute Gasteiger partial charge is 0.326 e. The molecule has 0 radical (unpaired) electrons. The van der Waals surface area contributed by atoms with E-state index in [9.17, 15) is 0 Å². The van der Waals surface area contributed by atoms with Gasteiger partial charge in [-0.15, -0.1) is 0 Å². The first kappa shape index (κ1) is 13.7. The standard InChI is InChI=1S/C13H21BrN2/c1-9-4-5-10(14)8-11(9)12(15)6-7-13(2,3)16/h4-5,8,12H,6-7,15-16H2,1-3H3. The lowest BCUT2D eigenvalue weighted by molar-refractivity contribution is 0.433. The fraction of sp³-hybridized carbons (Fsp3) is 0.538. The minimum Gasteiger partial charge on any atom is -0.326 e. The van der Waals surface area contributed by atoms with Crippen LogP contribution in [0.4, 0.5) is 0 Å². The Bertz CT molecular complexity index is 355. The molecule has 0 aromatic heterocycles. The smallest absolute Gasteiger partial charge is 0.0298 e. The summed E-state index contributed by atoms with van der Waals surface area (Å²) in [6, 6.07) is 6.30. The Morgan fingerprint density at radius 1 is 1.38 bits per heavy atom. The topological polar surface area (TPSA) is 52.0 Å². The second-order valence-corrected chi connectivity index (χ2v) is 6.05. The van der Waals surface area contributed by atoms with Gasteiger partial charge in [0.05, 0.1) is 0 Å². The van der Waals surface area contributed by atoms with E-state index in [0.29, 0.717) is 0 Å². The van der Waals surface area contributed by atoms with Gasteiger partial charge in [0, 0.05) is 16.1 Å². The highest BCUT2D eigenvalue weighted by molar-refractivity contribution is 9.10. The van der Waals surface area contributed by atoms with Crippen molar-refractivity contribution in [2.24, 2.45) is 11.5 Å². The molecule has 0 spiro atoms. The molecule has 16 heavy (non-hydrogen) atoms. The highest BCUT2D eigenvalue weighted by atomic mass is 79.9. The Balaban J connectivity index is 2.73. The second-order valence-electron chi connectivity index (χ2n) is 5.13. The molecule has 1 aromatic carbocycles. The Labute approximate surface area is 107 Å². The summed E-state index contributed by atoms with van der Waals surface area (Å²) in [6.45, 7) is 6.16. The molecule has 0 aliphatic rings. The SMILES string of the molecule is Cc1ccc(Br)cc1C(N)CCC(C)(C)N. The minimum absolute atomic E-state index is 0.0697. The van der Waals surface area contributed by atoms with Crippen molar-refractivity contribution in [3.05, 3.63) is 33.8 Å². The van der Waals surface area contributed by atoms with Gasteiger partial charge in [0.25, 0.3) is 0 Å². The van der Waals surface area contributed by atoms with Crippen molar-refractivity contribution >= 4 is 15.9 Å². The van der Waals surface area contributed by atoms with Gasteiger partial charge in [-0.25, -0.2) is 0 Å². The fourth-order valence-electron chi connectivity index (χ4n) is 1.69. The van der Waals surface area contributed by atoms with Gasteiger partial charge in [-0.05, 0) is 56.9 Å². The quantitative estimate of drug-likeness (QED) is 0.892. The summed E-state index contributed by atoms with van der Waals surface area (Å²) in [5.41, 5.74) is 14.5. The lowest BCUT2D eigenvalue weighted by atomic mass is 9.92. The lowest BCUT2D eigenvalue weighted by Gasteiger charge is -2.22. The third-order valence-electron chi connectivity index (χ3n) is 2.74. The van der Waals surface area contributed by atoms with Crippen molar-refractivity contribution in [2.45, 2.75) is 45.2 Å². The molecule has 1 unspecified atom stereocenters. The van der Waals surface area contributed by atoms with E-state index in [1.807, 2.05) is 19.9 Å². The molecule has 0 saturated carbocycles. The molecule has 2 nitrogen and oxygen atoms in total. The molecule has 1 atom stereocenters. The normalized spacial score (nSPS) is 13.9. The van der Waals surface area contributed by atoms with Crippen molar-refractivity contribution in [1.29, 1.82) is 0 Å². The molecule has 1 aromatic rings. The number of hydrogen-bond acceptors (Lipinski definition) is 2. The summed E-state index contributed by atoms with van der Waals surface area (Å²) in [7, 11) is 0. The maximum atomic E-state index is 6.20. The monoisotopic (exact) mass is 284 g/mol. The van der Waals surface area contributed by atoms with Crippen LogP contribution in [0.15, 0.2) is 22.7 Å². The van der Waals surface area contributed by atoms with Crippen molar-refractivity contribution in [2.75, 3.05) is 0 Å². The summed E-state index contributed by atoms with van der Waals surface area (Å²) in [5, 5.41) is 0. The van der Waals surface area contributed by atoms with Crippen LogP contribution in [0.1, 0.15) is 43.9 Å². The van der Waals surface area contributed by atoms with E-state index in [4.69, 9.17) is 11.5 Å². The van der Waals surface area contributed by atoms with Crippen LogP contribution in [-0.4, -0.2) is 5.54 Å². The first-order chi connectivity index (χ1) is 7.29. The zero-order valence-electron chi connectivity index (χ0n) is 10.3. The van der Waals surface area contributed by atoms with Gasteiger partial charge >= 0.3 is 0 Å². The summed E-state index contributed by atoms with van der Waals surface area (Å²) in [5.74, 6) is 0. The van der Waals surface area contributed by atoms with E-state index in [2.05, 4.69) is 35.0 Å². The molecule has 0 aliphatic carbocycles. The van der Waals surface area contributed by atoms with E-state index in [-0.39, 0.29) is 11.6 Å². The molecule has 0 amide bonds. The first-order valence-corrected chi connectivity index (χ1v) is 6.39. The zero-order valence-corrected chi connectivity index (χ0v) is 11.8. The van der Waals surface area contributed by atoms with Crippen LogP contribution in [0.3, 0.4) is 0 Å². The van der Waals surface area contributed by atoms with Crippen LogP contribution in [0, 0.1) is 6.92 Å². The van der Waals surface area contributed by atoms with Crippen molar-refractivity contribution < 1.29 is 0 Å². The Kier molecular flexibility index (Phi) is 4.53. The van der Waals surface area contributed by atoms with Gasteiger partial charge < -0.3 is 11.5 Å². The van der Waals surface area contributed by atoms with Gasteiger partial charge in [-0.2, -0.15) is 0 Å². The molecule has 4 N–H and O–H groups in total. The fourth-order valence-corrected chi connectivity index (χ4v) is 2.07. The van der Waals surface area contributed by atoms with Gasteiger partial charge in [0.15, 0.2) is 0 Å². The van der Waals surface area contributed by atoms with E-state index in [1.54, 1.807) is 0 Å². The molecule has 0 aliphatic heterocycles. The summed E-state index contributed by atoms with van der Waals surface area (Å²) < 4.78 is 1.08. The predicted octanol–water partition coefficient (Wildman–Crippen LogP) is 3.27. The van der Waals surface area contributed by atoms with E-state index >= 15 is 0 Å². The van der Waals surface area contributed by atoms with E-state index in [0.717, 1.165) is 17.3 Å². The van der Waals surface area contributed by atoms with E-state index in [1.165, 1.54) is 11.1 Å². The van der Waals surface area contributed by atoms with Crippen LogP contribution < -0.4 is 11.5 Å². The van der Waals surface area contributed by atoms with Crippen molar-refractivity contribution in [3.63, 3.8) is 0 Å². The molecule has 0 saturated heterocycles. The molecule has 0 bridgehead atoms. The number of halogens is 1. The van der Waals surface area contributed by atoms with Gasteiger partial charge in [0.1, 0.15) is 0 Å². The number of rotatable bonds is 4. The van der Waals surface area contributed by atoms with E-state index < -0.39 is 0 Å². The molecule has 90 valence electrons. The second kappa shape index (κ2) is 5.30. The first-order valence-electron chi connectivity index (χ1n) is 5.60. The van der Waals surface area contributed by atoms with Gasteiger partial charge in [0.2, 0.25) is 0 Å². The minimum atomic E-state index is -0.141. The van der Waals surface area contributed by atoms with Crippen molar-refractivity contribution in [1.82, 2.24) is 0 Å². The van der Waals surface area contributed by atoms with Crippen LogP contribution in [0.2, 0.25) is 0 Å². The molecule has 3 heteroatoms. The van der Waals surface area contributed by atoms with Crippen LogP contribution in [0.5, 0.6) is 0 Å². The highest BCUT2D eigenvalue weighted by Crippen LogP contribution is 2.25. The number of nitrogens with two attached hydrogens (primary N) is 2. The summed E-state index contributed by atoms with van der Waals surface area (Å²) >= 11 is 3.47. The number of hydrogen-bond donors (Lipinski definition) is 2. The molecular weight excluding hydrogens is 264 g/mol. The van der Waals surface area contributed by atoms with Crippen LogP contribution in [0.25, 0.3) is 0 Å². The predicted molar refractivity (Wildman–Crippen MR) is 73.3 cm³/mol. The Morgan fingerprint density at radius 3 is 2.56 bits per heavy atom. The molecular formula is C13H21BrN2. The maximum absolute atomic E-state index is 6.20. The third kappa shape index (κ3) is 4.24. The van der Waals surface area contributed by atoms with Gasteiger partial charge in [-0.3, -0.25) is 0 Å². The third-order valence-corrected chi connectivity index (χ3v) is 3.23. The Morgan fingerprint density at radius 2 is 2.00 bits per heavy atom. The zero-order chi connectivity index (χ0) is 12.3. The summed E-state index contributed by atoms with van der Waals surface area (Å²) in [4.78, 5) is 0. The Hall–Kier alpha value is -0.380.